The maximum Gasteiger partial charge on any atom is 0.261 e. The molecule has 3 N–H and O–H groups in total. The molecule has 152 valence electrons. The lowest BCUT2D eigenvalue weighted by Crippen LogP contribution is -2.28. The molecule has 0 bridgehead atoms. The van der Waals surface area contributed by atoms with Crippen LogP contribution in [0.3, 0.4) is 0 Å². The molecule has 1 aliphatic heterocycles. The van der Waals surface area contributed by atoms with Crippen molar-refractivity contribution in [2.75, 3.05) is 5.32 Å². The summed E-state index contributed by atoms with van der Waals surface area (Å²) in [4.78, 5) is 51.8. The first kappa shape index (κ1) is 19.6. The second kappa shape index (κ2) is 7.27. The summed E-state index contributed by atoms with van der Waals surface area (Å²) in [6, 6.07) is 7.64. The third-order valence-electron chi connectivity index (χ3n) is 4.99. The van der Waals surface area contributed by atoms with Crippen molar-refractivity contribution in [2.45, 2.75) is 20.4 Å². The molecule has 0 spiro atoms. The van der Waals surface area contributed by atoms with Gasteiger partial charge in [-0.25, -0.2) is 0 Å². The van der Waals surface area contributed by atoms with Crippen molar-refractivity contribution in [3.05, 3.63) is 75.0 Å². The summed E-state index contributed by atoms with van der Waals surface area (Å²) in [6.07, 6.45) is 1.46. The molecule has 0 atom stereocenters. The van der Waals surface area contributed by atoms with Crippen LogP contribution < -0.4 is 11.1 Å². The Hall–Kier alpha value is -3.72. The number of nitrogens with zero attached hydrogens (tertiary/aromatic N) is 1. The van der Waals surface area contributed by atoms with Crippen LogP contribution in [0, 0.1) is 13.8 Å². The molecule has 9 heteroatoms. The summed E-state index contributed by atoms with van der Waals surface area (Å²) >= 11 is 1.25. The van der Waals surface area contributed by atoms with Gasteiger partial charge in [0.25, 0.3) is 23.6 Å². The van der Waals surface area contributed by atoms with Crippen LogP contribution in [-0.4, -0.2) is 28.5 Å². The largest absolute Gasteiger partial charge is 0.467 e. The number of carbonyl (C=O) groups excluding carboxylic acids is 4. The van der Waals surface area contributed by atoms with Crippen molar-refractivity contribution < 1.29 is 23.6 Å². The van der Waals surface area contributed by atoms with Gasteiger partial charge in [-0.15, -0.1) is 11.3 Å². The average Bonchev–Trinajstić information content (AvgIpc) is 3.37. The van der Waals surface area contributed by atoms with E-state index in [1.165, 1.54) is 35.8 Å². The van der Waals surface area contributed by atoms with E-state index in [1.54, 1.807) is 19.1 Å². The van der Waals surface area contributed by atoms with Crippen LogP contribution in [0.15, 0.2) is 41.0 Å². The Morgan fingerprint density at radius 2 is 1.87 bits per heavy atom. The van der Waals surface area contributed by atoms with Crippen LogP contribution in [-0.2, 0) is 6.54 Å². The number of anilines is 1. The Balaban J connectivity index is 1.60. The maximum atomic E-state index is 12.8. The van der Waals surface area contributed by atoms with Gasteiger partial charge in [0.2, 0.25) is 0 Å². The minimum atomic E-state index is -0.629. The lowest BCUT2D eigenvalue weighted by Gasteiger charge is -2.11. The third-order valence-corrected chi connectivity index (χ3v) is 6.11. The molecule has 30 heavy (non-hydrogen) atoms. The highest BCUT2D eigenvalue weighted by atomic mass is 32.1. The molecule has 2 aromatic heterocycles. The Bertz CT molecular complexity index is 1210. The number of hydrogen-bond acceptors (Lipinski definition) is 6. The monoisotopic (exact) mass is 423 g/mol. The normalized spacial score (nSPS) is 12.9. The Morgan fingerprint density at radius 1 is 1.13 bits per heavy atom. The second-order valence-corrected chi connectivity index (χ2v) is 8.07. The van der Waals surface area contributed by atoms with Crippen LogP contribution in [0.2, 0.25) is 0 Å². The SMILES string of the molecule is Cc1sc(NC(=O)c2ccc3c(c2)C(=O)N(Cc2ccco2)C3=O)c(C(N)=O)c1C. The van der Waals surface area contributed by atoms with Gasteiger partial charge in [-0.3, -0.25) is 24.1 Å². The maximum absolute atomic E-state index is 12.8. The van der Waals surface area contributed by atoms with Crippen molar-refractivity contribution in [3.63, 3.8) is 0 Å². The number of primary amides is 1. The van der Waals surface area contributed by atoms with E-state index >= 15 is 0 Å². The lowest BCUT2D eigenvalue weighted by atomic mass is 10.1. The van der Waals surface area contributed by atoms with Crippen molar-refractivity contribution in [3.8, 4) is 0 Å². The van der Waals surface area contributed by atoms with Crippen molar-refractivity contribution in [2.24, 2.45) is 5.73 Å². The first-order valence-electron chi connectivity index (χ1n) is 9.01. The van der Waals surface area contributed by atoms with E-state index < -0.39 is 23.6 Å². The number of carbonyl (C=O) groups is 4. The molecule has 3 heterocycles. The van der Waals surface area contributed by atoms with Gasteiger partial charge in [0.05, 0.1) is 29.5 Å². The Kier molecular flexibility index (Phi) is 4.75. The summed E-state index contributed by atoms with van der Waals surface area (Å²) in [7, 11) is 0. The number of benzene rings is 1. The molecule has 0 radical (unpaired) electrons. The molecule has 8 nitrogen and oxygen atoms in total. The molecular formula is C21H17N3O5S. The van der Waals surface area contributed by atoms with Gasteiger partial charge in [-0.05, 0) is 49.7 Å². The predicted molar refractivity (Wildman–Crippen MR) is 110 cm³/mol. The lowest BCUT2D eigenvalue weighted by molar-refractivity contribution is 0.0631. The minimum Gasteiger partial charge on any atom is -0.467 e. The zero-order chi connectivity index (χ0) is 21.6. The summed E-state index contributed by atoms with van der Waals surface area (Å²) < 4.78 is 5.21. The van der Waals surface area contributed by atoms with Gasteiger partial charge in [-0.1, -0.05) is 0 Å². The second-order valence-electron chi connectivity index (χ2n) is 6.84. The minimum absolute atomic E-state index is 0.0105. The first-order chi connectivity index (χ1) is 14.3. The number of imide groups is 1. The van der Waals surface area contributed by atoms with Crippen LogP contribution in [0.1, 0.15) is 57.6 Å². The molecule has 4 rings (SSSR count). The van der Waals surface area contributed by atoms with Crippen LogP contribution in [0.5, 0.6) is 0 Å². The number of furan rings is 1. The first-order valence-corrected chi connectivity index (χ1v) is 9.83. The number of fused-ring (bicyclic) bond motifs is 1. The molecular weight excluding hydrogens is 406 g/mol. The van der Waals surface area contributed by atoms with Crippen LogP contribution >= 0.6 is 11.3 Å². The van der Waals surface area contributed by atoms with Crippen LogP contribution in [0.4, 0.5) is 5.00 Å². The number of nitrogens with one attached hydrogen (secondary N) is 1. The number of aryl methyl sites for hydroxylation is 1. The van der Waals surface area contributed by atoms with E-state index in [0.29, 0.717) is 16.3 Å². The molecule has 4 amide bonds. The average molecular weight is 423 g/mol. The molecule has 3 aromatic rings. The summed E-state index contributed by atoms with van der Waals surface area (Å²) in [5, 5.41) is 3.04. The van der Waals surface area contributed by atoms with Crippen molar-refractivity contribution >= 4 is 40.0 Å². The van der Waals surface area contributed by atoms with E-state index in [9.17, 15) is 19.2 Å². The highest BCUT2D eigenvalue weighted by Gasteiger charge is 2.36. The van der Waals surface area contributed by atoms with E-state index in [2.05, 4.69) is 5.32 Å². The highest BCUT2D eigenvalue weighted by molar-refractivity contribution is 7.16. The summed E-state index contributed by atoms with van der Waals surface area (Å²) in [6.45, 7) is 3.60. The smallest absolute Gasteiger partial charge is 0.261 e. The number of amides is 4. The fourth-order valence-electron chi connectivity index (χ4n) is 3.32. The molecule has 0 unspecified atom stereocenters. The number of rotatable bonds is 5. The van der Waals surface area contributed by atoms with Crippen LogP contribution in [0.25, 0.3) is 0 Å². The van der Waals surface area contributed by atoms with E-state index in [1.807, 2.05) is 6.92 Å². The molecule has 1 aromatic carbocycles. The van der Waals surface area contributed by atoms with Crippen molar-refractivity contribution in [1.82, 2.24) is 4.90 Å². The zero-order valence-electron chi connectivity index (χ0n) is 16.1. The standard InChI is InChI=1S/C21H17N3O5S/c1-10-11(2)30-19(16(10)17(22)25)23-18(26)12-5-6-14-15(8-12)21(28)24(20(14)27)9-13-4-3-7-29-13/h3-8H,9H2,1-2H3,(H2,22,25)(H,23,26). The third kappa shape index (κ3) is 3.18. The van der Waals surface area contributed by atoms with E-state index in [4.69, 9.17) is 10.2 Å². The topological polar surface area (TPSA) is 123 Å². The van der Waals surface area contributed by atoms with Gasteiger partial charge in [0.15, 0.2) is 0 Å². The van der Waals surface area contributed by atoms with Gasteiger partial charge in [0, 0.05) is 10.4 Å². The summed E-state index contributed by atoms with van der Waals surface area (Å²) in [5.41, 5.74) is 6.98. The summed E-state index contributed by atoms with van der Waals surface area (Å²) in [5.74, 6) is -1.60. The van der Waals surface area contributed by atoms with Gasteiger partial charge in [-0.2, -0.15) is 0 Å². The molecule has 1 aliphatic rings. The molecule has 0 fully saturated rings. The fourth-order valence-corrected chi connectivity index (χ4v) is 4.38. The number of thiophene rings is 1. The number of hydrogen-bond donors (Lipinski definition) is 2. The van der Waals surface area contributed by atoms with Crippen molar-refractivity contribution in [1.29, 1.82) is 0 Å². The zero-order valence-corrected chi connectivity index (χ0v) is 17.0. The Morgan fingerprint density at radius 3 is 2.53 bits per heavy atom. The number of nitrogens with two attached hydrogens (primary N) is 1. The predicted octanol–water partition coefficient (Wildman–Crippen LogP) is 3.11. The molecule has 0 aliphatic carbocycles. The molecule has 0 saturated carbocycles. The van der Waals surface area contributed by atoms with Gasteiger partial charge in [0.1, 0.15) is 10.8 Å². The van der Waals surface area contributed by atoms with Gasteiger partial charge >= 0.3 is 0 Å². The highest BCUT2D eigenvalue weighted by Crippen LogP contribution is 2.33. The van der Waals surface area contributed by atoms with Gasteiger partial charge < -0.3 is 15.5 Å². The molecule has 0 saturated heterocycles. The van der Waals surface area contributed by atoms with E-state index in [0.717, 1.165) is 9.78 Å². The Labute approximate surface area is 175 Å². The fraction of sp³-hybridized carbons (Fsp3) is 0.143. The van der Waals surface area contributed by atoms with E-state index in [-0.39, 0.29) is 28.8 Å². The quantitative estimate of drug-likeness (QED) is 0.611.